The molecule has 3 heteroatoms. The van der Waals surface area contributed by atoms with E-state index in [1.165, 1.54) is 0 Å². The molecule has 0 aliphatic carbocycles. The third-order valence-electron chi connectivity index (χ3n) is 2.60. The molecule has 0 bridgehead atoms. The van der Waals surface area contributed by atoms with Crippen molar-refractivity contribution in [2.75, 3.05) is 13.6 Å². The van der Waals surface area contributed by atoms with E-state index in [0.29, 0.717) is 6.04 Å². The fourth-order valence-electron chi connectivity index (χ4n) is 1.68. The van der Waals surface area contributed by atoms with Crippen molar-refractivity contribution in [2.24, 2.45) is 0 Å². The molecule has 1 saturated heterocycles. The van der Waals surface area contributed by atoms with Gasteiger partial charge in [-0.25, -0.2) is 4.39 Å². The van der Waals surface area contributed by atoms with Crippen LogP contribution in [0, 0.1) is 9.39 Å². The van der Waals surface area contributed by atoms with Gasteiger partial charge < -0.3 is 0 Å². The van der Waals surface area contributed by atoms with E-state index in [1.807, 2.05) is 13.1 Å². The Morgan fingerprint density at radius 2 is 2.31 bits per heavy atom. The molecule has 70 valence electrons. The Hall–Kier alpha value is -0.160. The van der Waals surface area contributed by atoms with Crippen LogP contribution in [-0.4, -0.2) is 18.5 Å². The average molecular weight is 291 g/mol. The maximum Gasteiger partial charge on any atom is 0.128 e. The zero-order chi connectivity index (χ0) is 9.42. The number of benzene rings is 1. The normalized spacial score (nSPS) is 22.8. The van der Waals surface area contributed by atoms with Crippen LogP contribution in [0.2, 0.25) is 0 Å². The van der Waals surface area contributed by atoms with Crippen LogP contribution in [0.5, 0.6) is 0 Å². The molecule has 13 heavy (non-hydrogen) atoms. The van der Waals surface area contributed by atoms with Gasteiger partial charge >= 0.3 is 0 Å². The van der Waals surface area contributed by atoms with Gasteiger partial charge in [0.05, 0.1) is 0 Å². The molecule has 1 aliphatic heterocycles. The zero-order valence-electron chi connectivity index (χ0n) is 7.43. The van der Waals surface area contributed by atoms with Gasteiger partial charge in [0.15, 0.2) is 0 Å². The van der Waals surface area contributed by atoms with Crippen molar-refractivity contribution in [3.05, 3.63) is 33.1 Å². The minimum absolute atomic E-state index is 0.0723. The van der Waals surface area contributed by atoms with Gasteiger partial charge in [0.25, 0.3) is 0 Å². The number of hydrogen-bond acceptors (Lipinski definition) is 1. The van der Waals surface area contributed by atoms with Crippen LogP contribution in [-0.2, 0) is 0 Å². The summed E-state index contributed by atoms with van der Waals surface area (Å²) >= 11 is 2.22. The van der Waals surface area contributed by atoms with Crippen molar-refractivity contribution in [2.45, 2.75) is 12.5 Å². The van der Waals surface area contributed by atoms with Crippen LogP contribution in [0.15, 0.2) is 18.2 Å². The molecule has 1 aromatic carbocycles. The highest BCUT2D eigenvalue weighted by Crippen LogP contribution is 2.33. The molecule has 1 aromatic rings. The molecule has 2 rings (SSSR count). The number of rotatable bonds is 1. The maximum atomic E-state index is 13.4. The number of hydrogen-bond donors (Lipinski definition) is 0. The first-order chi connectivity index (χ1) is 6.18. The SMILES string of the molecule is CN1CCC1c1cc(I)ccc1F. The minimum atomic E-state index is -0.0723. The van der Waals surface area contributed by atoms with Gasteiger partial charge in [-0.05, 0) is 54.3 Å². The smallest absolute Gasteiger partial charge is 0.128 e. The van der Waals surface area contributed by atoms with Crippen LogP contribution < -0.4 is 0 Å². The van der Waals surface area contributed by atoms with Gasteiger partial charge in [-0.2, -0.15) is 0 Å². The summed E-state index contributed by atoms with van der Waals surface area (Å²) in [6, 6.07) is 5.60. The standard InChI is InChI=1S/C10H11FIN/c1-13-5-4-10(13)8-6-7(12)2-3-9(8)11/h2-3,6,10H,4-5H2,1H3. The predicted molar refractivity (Wildman–Crippen MR) is 59.1 cm³/mol. The summed E-state index contributed by atoms with van der Waals surface area (Å²) in [4.78, 5) is 2.18. The van der Waals surface area contributed by atoms with E-state index in [1.54, 1.807) is 12.1 Å². The maximum absolute atomic E-state index is 13.4. The van der Waals surface area contributed by atoms with Gasteiger partial charge in [0, 0.05) is 21.7 Å². The van der Waals surface area contributed by atoms with Crippen molar-refractivity contribution in [3.63, 3.8) is 0 Å². The topological polar surface area (TPSA) is 3.24 Å². The molecule has 0 saturated carbocycles. The van der Waals surface area contributed by atoms with Crippen LogP contribution in [0.25, 0.3) is 0 Å². The van der Waals surface area contributed by atoms with Gasteiger partial charge in [0.1, 0.15) is 5.82 Å². The summed E-state index contributed by atoms with van der Waals surface area (Å²) in [5.74, 6) is -0.0723. The third kappa shape index (κ3) is 1.72. The lowest BCUT2D eigenvalue weighted by molar-refractivity contribution is 0.124. The highest BCUT2D eigenvalue weighted by atomic mass is 127. The quantitative estimate of drug-likeness (QED) is 0.719. The molecule has 1 aliphatic rings. The van der Waals surface area contributed by atoms with Crippen molar-refractivity contribution >= 4 is 22.6 Å². The van der Waals surface area contributed by atoms with Crippen LogP contribution in [0.1, 0.15) is 18.0 Å². The second-order valence-corrected chi connectivity index (χ2v) is 4.70. The van der Waals surface area contributed by atoms with Crippen molar-refractivity contribution < 1.29 is 4.39 Å². The largest absolute Gasteiger partial charge is 0.299 e. The Morgan fingerprint density at radius 3 is 2.85 bits per heavy atom. The van der Waals surface area contributed by atoms with E-state index in [4.69, 9.17) is 0 Å². The van der Waals surface area contributed by atoms with E-state index in [2.05, 4.69) is 27.5 Å². The minimum Gasteiger partial charge on any atom is -0.299 e. The molecule has 1 heterocycles. The van der Waals surface area contributed by atoms with Crippen LogP contribution in [0.3, 0.4) is 0 Å². The van der Waals surface area contributed by atoms with Crippen LogP contribution >= 0.6 is 22.6 Å². The average Bonchev–Trinajstić information content (AvgIpc) is 2.09. The van der Waals surface area contributed by atoms with Gasteiger partial charge in [-0.1, -0.05) is 0 Å². The summed E-state index contributed by atoms with van der Waals surface area (Å²) in [5, 5.41) is 0. The molecule has 0 radical (unpaired) electrons. The molecular formula is C10H11FIN. The van der Waals surface area contributed by atoms with E-state index in [-0.39, 0.29) is 5.82 Å². The summed E-state index contributed by atoms with van der Waals surface area (Å²) in [5.41, 5.74) is 0.848. The first-order valence-electron chi connectivity index (χ1n) is 4.33. The Kier molecular flexibility index (Phi) is 2.55. The highest BCUT2D eigenvalue weighted by molar-refractivity contribution is 14.1. The lowest BCUT2D eigenvalue weighted by Gasteiger charge is -2.38. The Bertz CT molecular complexity index is 327. The number of likely N-dealkylation sites (tertiary alicyclic amines) is 1. The Labute approximate surface area is 91.1 Å². The van der Waals surface area contributed by atoms with Crippen molar-refractivity contribution in [1.82, 2.24) is 4.90 Å². The Balaban J connectivity index is 2.33. The second-order valence-electron chi connectivity index (χ2n) is 3.45. The molecule has 0 spiro atoms. The Morgan fingerprint density at radius 1 is 1.54 bits per heavy atom. The van der Waals surface area contributed by atoms with Gasteiger partial charge in [-0.3, -0.25) is 4.90 Å². The molecule has 0 amide bonds. The van der Waals surface area contributed by atoms with E-state index in [0.717, 1.165) is 22.1 Å². The molecule has 0 N–H and O–H groups in total. The molecule has 0 aromatic heterocycles. The first kappa shape index (κ1) is 9.40. The van der Waals surface area contributed by atoms with Crippen LogP contribution in [0.4, 0.5) is 4.39 Å². The first-order valence-corrected chi connectivity index (χ1v) is 5.41. The molecular weight excluding hydrogens is 280 g/mol. The van der Waals surface area contributed by atoms with Gasteiger partial charge in [-0.15, -0.1) is 0 Å². The summed E-state index contributed by atoms with van der Waals surface area (Å²) in [6.07, 6.45) is 1.08. The van der Waals surface area contributed by atoms with E-state index < -0.39 is 0 Å². The molecule has 1 atom stereocenters. The predicted octanol–water partition coefficient (Wildman–Crippen LogP) is 2.81. The zero-order valence-corrected chi connectivity index (χ0v) is 9.58. The number of nitrogens with zero attached hydrogens (tertiary/aromatic N) is 1. The van der Waals surface area contributed by atoms with E-state index in [9.17, 15) is 4.39 Å². The molecule has 1 fully saturated rings. The lowest BCUT2D eigenvalue weighted by Crippen LogP contribution is -2.37. The summed E-state index contributed by atoms with van der Waals surface area (Å²) in [7, 11) is 2.04. The monoisotopic (exact) mass is 291 g/mol. The fourth-order valence-corrected chi connectivity index (χ4v) is 2.19. The second kappa shape index (κ2) is 3.53. The third-order valence-corrected chi connectivity index (χ3v) is 3.28. The van der Waals surface area contributed by atoms with Crippen molar-refractivity contribution in [1.29, 1.82) is 0 Å². The van der Waals surface area contributed by atoms with Crippen molar-refractivity contribution in [3.8, 4) is 0 Å². The fraction of sp³-hybridized carbons (Fsp3) is 0.400. The molecule has 1 nitrogen and oxygen atoms in total. The van der Waals surface area contributed by atoms with E-state index >= 15 is 0 Å². The highest BCUT2D eigenvalue weighted by Gasteiger charge is 2.27. The lowest BCUT2D eigenvalue weighted by atomic mass is 9.95. The summed E-state index contributed by atoms with van der Waals surface area (Å²) < 4.78 is 14.5. The molecule has 1 unspecified atom stereocenters. The summed E-state index contributed by atoms with van der Waals surface area (Å²) in [6.45, 7) is 1.08. The van der Waals surface area contributed by atoms with Gasteiger partial charge in [0.2, 0.25) is 0 Å². The number of halogens is 2.